The van der Waals surface area contributed by atoms with Gasteiger partial charge in [0, 0.05) is 18.4 Å². The number of benzene rings is 3. The molecule has 0 aromatic heterocycles. The minimum absolute atomic E-state index is 0.500. The van der Waals surface area contributed by atoms with Crippen LogP contribution in [0.3, 0.4) is 0 Å². The van der Waals surface area contributed by atoms with Gasteiger partial charge in [-0.05, 0) is 103 Å². The molecule has 0 saturated heterocycles. The number of allylic oxidation sites excluding steroid dienone is 12. The van der Waals surface area contributed by atoms with E-state index in [-0.39, 0.29) is 0 Å². The lowest BCUT2D eigenvalue weighted by Gasteiger charge is -2.22. The van der Waals surface area contributed by atoms with Gasteiger partial charge in [-0.3, -0.25) is 0 Å². The average molecular weight is 654 g/mol. The highest BCUT2D eigenvalue weighted by Crippen LogP contribution is 2.30. The Balaban J connectivity index is 0.00000289. The van der Waals surface area contributed by atoms with E-state index in [1.807, 2.05) is 52.0 Å². The number of rotatable bonds is 17. The molecule has 0 heterocycles. The molecular formula is C48H63N. The summed E-state index contributed by atoms with van der Waals surface area (Å²) < 4.78 is 0. The Kier molecular flexibility index (Phi) is 22.0. The van der Waals surface area contributed by atoms with Crippen molar-refractivity contribution in [2.24, 2.45) is 11.8 Å². The van der Waals surface area contributed by atoms with E-state index in [9.17, 15) is 0 Å². The third-order valence-corrected chi connectivity index (χ3v) is 8.31. The molecule has 0 N–H and O–H groups in total. The van der Waals surface area contributed by atoms with Gasteiger partial charge in [-0.1, -0.05) is 169 Å². The van der Waals surface area contributed by atoms with E-state index in [4.69, 9.17) is 0 Å². The van der Waals surface area contributed by atoms with Crippen LogP contribution in [0.25, 0.3) is 17.2 Å². The summed E-state index contributed by atoms with van der Waals surface area (Å²) in [5.41, 5.74) is 9.83. The number of hydrogen-bond acceptors (Lipinski definition) is 1. The van der Waals surface area contributed by atoms with Crippen molar-refractivity contribution in [2.75, 3.05) is 11.9 Å². The number of nitrogens with zero attached hydrogens (tertiary/aromatic N) is 1. The van der Waals surface area contributed by atoms with Crippen LogP contribution in [0.15, 0.2) is 153 Å². The fraction of sp³-hybridized carbons (Fsp3) is 0.292. The first-order chi connectivity index (χ1) is 23.9. The highest BCUT2D eigenvalue weighted by atomic mass is 15.1. The lowest BCUT2D eigenvalue weighted by Crippen LogP contribution is -2.10. The van der Waals surface area contributed by atoms with Crippen LogP contribution in [0.1, 0.15) is 89.5 Å². The van der Waals surface area contributed by atoms with Crippen molar-refractivity contribution in [3.63, 3.8) is 0 Å². The lowest BCUT2D eigenvalue weighted by atomic mass is 9.91. The van der Waals surface area contributed by atoms with Crippen molar-refractivity contribution in [2.45, 2.75) is 74.1 Å². The molecule has 0 radical (unpaired) electrons. The Hall–Kier alpha value is -4.62. The van der Waals surface area contributed by atoms with Gasteiger partial charge in [0.25, 0.3) is 0 Å². The van der Waals surface area contributed by atoms with Gasteiger partial charge in [0.1, 0.15) is 0 Å². The zero-order chi connectivity index (χ0) is 36.4. The van der Waals surface area contributed by atoms with Gasteiger partial charge in [-0.15, -0.1) is 6.58 Å². The summed E-state index contributed by atoms with van der Waals surface area (Å²) in [6.07, 6.45) is 27.3. The number of para-hydroxylation sites is 1. The summed E-state index contributed by atoms with van der Waals surface area (Å²) in [7, 11) is 2.11. The normalized spacial score (nSPS) is 12.9. The predicted octanol–water partition coefficient (Wildman–Crippen LogP) is 14.8. The summed E-state index contributed by atoms with van der Waals surface area (Å²) in [5, 5.41) is 0. The maximum Gasteiger partial charge on any atom is 0.0481 e. The standard InChI is InChI=1S/C44H51N.2C2H6/c1-8-11-12-13-22-41-23-15-17-26-44(41)45(7)42-33-31-40(32-34-42)39(19-9-2)24-18-20-35(4)27-29-38(10-3)30-28-37(6)43-25-16-14-21-36(43)5;2*1-2/h8-19,21-26,28,31-35,38H,1-3,20,27,29-30H2,4-7H3;2*1-2H3/b12-11-,22-13+,24-18-,37-28+,39-19+;;. The molecule has 2 unspecified atom stereocenters. The third-order valence-electron chi connectivity index (χ3n) is 8.31. The minimum atomic E-state index is 0.500. The maximum absolute atomic E-state index is 4.13. The monoisotopic (exact) mass is 653 g/mol. The van der Waals surface area contributed by atoms with Crippen molar-refractivity contribution in [1.29, 1.82) is 0 Å². The summed E-state index contributed by atoms with van der Waals surface area (Å²) in [4.78, 5) is 2.23. The zero-order valence-electron chi connectivity index (χ0n) is 31.8. The average Bonchev–Trinajstić information content (AvgIpc) is 3.14. The van der Waals surface area contributed by atoms with Crippen molar-refractivity contribution in [3.8, 4) is 0 Å². The van der Waals surface area contributed by atoms with Crippen molar-refractivity contribution in [3.05, 3.63) is 176 Å². The third kappa shape index (κ3) is 15.0. The van der Waals surface area contributed by atoms with Gasteiger partial charge in [-0.2, -0.15) is 0 Å². The van der Waals surface area contributed by atoms with Crippen molar-refractivity contribution >= 4 is 28.6 Å². The second-order valence-corrected chi connectivity index (χ2v) is 11.8. The van der Waals surface area contributed by atoms with Crippen LogP contribution in [0.5, 0.6) is 0 Å². The second kappa shape index (κ2) is 25.4. The van der Waals surface area contributed by atoms with E-state index in [1.165, 1.54) is 34.3 Å². The Bertz CT molecular complexity index is 1540. The van der Waals surface area contributed by atoms with Crippen LogP contribution in [-0.4, -0.2) is 7.05 Å². The van der Waals surface area contributed by atoms with E-state index in [1.54, 1.807) is 6.08 Å². The number of anilines is 2. The Morgan fingerprint density at radius 3 is 2.10 bits per heavy atom. The molecule has 49 heavy (non-hydrogen) atoms. The quantitative estimate of drug-likeness (QED) is 0.103. The SMILES string of the molecule is C=C/C=C\C=C\c1ccccc1N(C)c1ccc(C(/C=C\CC(C)CCC(C=C)C/C=C(\C)c2ccccc2C)=C/C=C)cc1.CC.CC. The van der Waals surface area contributed by atoms with Crippen LogP contribution in [0.4, 0.5) is 11.4 Å². The molecule has 0 aliphatic carbocycles. The van der Waals surface area contributed by atoms with E-state index in [0.717, 1.165) is 36.2 Å². The molecule has 0 saturated carbocycles. The van der Waals surface area contributed by atoms with Crippen LogP contribution < -0.4 is 4.90 Å². The maximum atomic E-state index is 4.13. The molecule has 3 aromatic rings. The molecule has 2 atom stereocenters. The molecule has 0 bridgehead atoms. The van der Waals surface area contributed by atoms with Crippen LogP contribution in [-0.2, 0) is 0 Å². The molecular weight excluding hydrogens is 591 g/mol. The van der Waals surface area contributed by atoms with Gasteiger partial charge < -0.3 is 4.90 Å². The van der Waals surface area contributed by atoms with E-state index in [0.29, 0.717) is 11.8 Å². The fourth-order valence-electron chi connectivity index (χ4n) is 5.46. The summed E-state index contributed by atoms with van der Waals surface area (Å²) in [6.45, 7) is 26.6. The molecule has 3 aromatic carbocycles. The molecule has 0 fully saturated rings. The Labute approximate surface area is 301 Å². The Morgan fingerprint density at radius 2 is 1.45 bits per heavy atom. The molecule has 260 valence electrons. The van der Waals surface area contributed by atoms with Crippen LogP contribution >= 0.6 is 0 Å². The summed E-state index contributed by atoms with van der Waals surface area (Å²) in [5.74, 6) is 1.10. The minimum Gasteiger partial charge on any atom is -0.344 e. The zero-order valence-corrected chi connectivity index (χ0v) is 31.8. The van der Waals surface area contributed by atoms with Gasteiger partial charge in [0.05, 0.1) is 0 Å². The fourth-order valence-corrected chi connectivity index (χ4v) is 5.46. The topological polar surface area (TPSA) is 3.24 Å². The predicted molar refractivity (Wildman–Crippen MR) is 225 cm³/mol. The number of aryl methyl sites for hydroxylation is 1. The first-order valence-corrected chi connectivity index (χ1v) is 18.1. The Morgan fingerprint density at radius 1 is 0.776 bits per heavy atom. The largest absolute Gasteiger partial charge is 0.344 e. The molecule has 0 amide bonds. The molecule has 0 spiro atoms. The van der Waals surface area contributed by atoms with Crippen molar-refractivity contribution < 1.29 is 0 Å². The van der Waals surface area contributed by atoms with E-state index < -0.39 is 0 Å². The molecule has 3 rings (SSSR count). The summed E-state index contributed by atoms with van der Waals surface area (Å²) >= 11 is 0. The van der Waals surface area contributed by atoms with Gasteiger partial charge in [0.15, 0.2) is 0 Å². The van der Waals surface area contributed by atoms with Crippen LogP contribution in [0.2, 0.25) is 0 Å². The lowest BCUT2D eigenvalue weighted by molar-refractivity contribution is 0.460. The van der Waals surface area contributed by atoms with E-state index >= 15 is 0 Å². The molecule has 1 heteroatoms. The van der Waals surface area contributed by atoms with Gasteiger partial charge >= 0.3 is 0 Å². The summed E-state index contributed by atoms with van der Waals surface area (Å²) in [6, 6.07) is 25.8. The molecule has 0 aliphatic rings. The molecule has 0 aliphatic heterocycles. The van der Waals surface area contributed by atoms with E-state index in [2.05, 4.69) is 162 Å². The number of hydrogen-bond donors (Lipinski definition) is 0. The highest BCUT2D eigenvalue weighted by molar-refractivity contribution is 5.78. The van der Waals surface area contributed by atoms with Crippen LogP contribution in [0, 0.1) is 18.8 Å². The van der Waals surface area contributed by atoms with Gasteiger partial charge in [-0.25, -0.2) is 0 Å². The van der Waals surface area contributed by atoms with Gasteiger partial charge in [0.2, 0.25) is 0 Å². The first kappa shape index (κ1) is 42.4. The second-order valence-electron chi connectivity index (χ2n) is 11.8. The highest BCUT2D eigenvalue weighted by Gasteiger charge is 2.10. The molecule has 1 nitrogen and oxygen atoms in total. The smallest absolute Gasteiger partial charge is 0.0481 e. The first-order valence-electron chi connectivity index (χ1n) is 18.1. The van der Waals surface area contributed by atoms with Crippen molar-refractivity contribution in [1.82, 2.24) is 0 Å².